The Hall–Kier alpha value is -3.15. The van der Waals surface area contributed by atoms with Crippen molar-refractivity contribution in [3.63, 3.8) is 0 Å². The molecule has 0 aliphatic heterocycles. The molecule has 2 aromatic rings. The number of rotatable bonds is 7. The van der Waals surface area contributed by atoms with E-state index in [9.17, 15) is 14.4 Å². The first kappa shape index (κ1) is 18.6. The van der Waals surface area contributed by atoms with Crippen LogP contribution in [0.15, 0.2) is 48.5 Å². The number of anilines is 1. The molecule has 1 aliphatic carbocycles. The predicted octanol–water partition coefficient (Wildman–Crippen LogP) is 2.50. The minimum atomic E-state index is -0.296. The molecule has 0 saturated heterocycles. The molecule has 3 rings (SSSR count). The summed E-state index contributed by atoms with van der Waals surface area (Å²) < 4.78 is 0. The van der Waals surface area contributed by atoms with Crippen molar-refractivity contribution in [3.8, 4) is 0 Å². The van der Waals surface area contributed by atoms with Crippen LogP contribution in [0.25, 0.3) is 0 Å². The van der Waals surface area contributed by atoms with E-state index >= 15 is 0 Å². The molecule has 0 spiro atoms. The molecule has 0 radical (unpaired) electrons. The third-order valence-corrected chi connectivity index (χ3v) is 4.36. The Balaban J connectivity index is 1.58. The maximum absolute atomic E-state index is 12.5. The van der Waals surface area contributed by atoms with Crippen molar-refractivity contribution in [1.82, 2.24) is 10.6 Å². The molecule has 3 N–H and O–H groups in total. The molecule has 1 aliphatic rings. The highest BCUT2D eigenvalue weighted by molar-refractivity contribution is 6.09. The maximum atomic E-state index is 12.5. The van der Waals surface area contributed by atoms with Crippen molar-refractivity contribution in [3.05, 3.63) is 65.2 Å². The van der Waals surface area contributed by atoms with Crippen LogP contribution in [0.5, 0.6) is 0 Å². The van der Waals surface area contributed by atoms with E-state index in [-0.39, 0.29) is 23.6 Å². The van der Waals surface area contributed by atoms with Crippen molar-refractivity contribution in [2.75, 3.05) is 18.4 Å². The Labute approximate surface area is 158 Å². The molecule has 3 amide bonds. The normalized spacial score (nSPS) is 12.9. The monoisotopic (exact) mass is 365 g/mol. The van der Waals surface area contributed by atoms with Crippen molar-refractivity contribution in [2.45, 2.75) is 19.8 Å². The number of hydrogen-bond acceptors (Lipinski definition) is 3. The molecule has 0 aromatic heterocycles. The third kappa shape index (κ3) is 5.17. The SMILES string of the molecule is Cc1cccc(C(=O)Nc2ccccc2C(=O)NCCNC(=O)C2CC2)c1. The molecule has 1 fully saturated rings. The molecule has 0 bridgehead atoms. The summed E-state index contributed by atoms with van der Waals surface area (Å²) in [5.74, 6) is -0.361. The quantitative estimate of drug-likeness (QED) is 0.659. The van der Waals surface area contributed by atoms with Crippen LogP contribution in [-0.2, 0) is 4.79 Å². The molecule has 140 valence electrons. The van der Waals surface area contributed by atoms with Gasteiger partial charge in [0.1, 0.15) is 0 Å². The van der Waals surface area contributed by atoms with E-state index in [1.807, 2.05) is 19.1 Å². The minimum absolute atomic E-state index is 0.0510. The van der Waals surface area contributed by atoms with E-state index in [1.54, 1.807) is 36.4 Å². The van der Waals surface area contributed by atoms with E-state index in [0.29, 0.717) is 29.9 Å². The van der Waals surface area contributed by atoms with E-state index in [2.05, 4.69) is 16.0 Å². The van der Waals surface area contributed by atoms with Crippen LogP contribution in [0, 0.1) is 12.8 Å². The number of hydrogen-bond donors (Lipinski definition) is 3. The van der Waals surface area contributed by atoms with Gasteiger partial charge in [-0.1, -0.05) is 29.8 Å². The van der Waals surface area contributed by atoms with Crippen molar-refractivity contribution < 1.29 is 14.4 Å². The van der Waals surface area contributed by atoms with Gasteiger partial charge in [-0.25, -0.2) is 0 Å². The number of carbonyl (C=O) groups is 3. The Morgan fingerprint density at radius 2 is 1.67 bits per heavy atom. The summed E-state index contributed by atoms with van der Waals surface area (Å²) in [6, 6.07) is 14.1. The lowest BCUT2D eigenvalue weighted by molar-refractivity contribution is -0.122. The zero-order chi connectivity index (χ0) is 19.2. The molecule has 6 nitrogen and oxygen atoms in total. The Morgan fingerprint density at radius 1 is 0.926 bits per heavy atom. The largest absolute Gasteiger partial charge is 0.354 e. The second-order valence-electron chi connectivity index (χ2n) is 6.69. The highest BCUT2D eigenvalue weighted by Gasteiger charge is 2.29. The molecular weight excluding hydrogens is 342 g/mol. The third-order valence-electron chi connectivity index (χ3n) is 4.36. The molecule has 6 heteroatoms. The zero-order valence-corrected chi connectivity index (χ0v) is 15.2. The Kier molecular flexibility index (Phi) is 5.86. The van der Waals surface area contributed by atoms with Gasteiger partial charge in [0.25, 0.3) is 11.8 Å². The topological polar surface area (TPSA) is 87.3 Å². The molecule has 27 heavy (non-hydrogen) atoms. The van der Waals surface area contributed by atoms with Gasteiger partial charge in [0.05, 0.1) is 11.3 Å². The van der Waals surface area contributed by atoms with Crippen LogP contribution in [0.2, 0.25) is 0 Å². The van der Waals surface area contributed by atoms with Crippen molar-refractivity contribution in [2.24, 2.45) is 5.92 Å². The smallest absolute Gasteiger partial charge is 0.255 e. The number of para-hydroxylation sites is 1. The summed E-state index contributed by atoms with van der Waals surface area (Å²) in [6.45, 7) is 2.64. The van der Waals surface area contributed by atoms with Gasteiger partial charge in [0.2, 0.25) is 5.91 Å². The fourth-order valence-corrected chi connectivity index (χ4v) is 2.72. The fourth-order valence-electron chi connectivity index (χ4n) is 2.72. The maximum Gasteiger partial charge on any atom is 0.255 e. The lowest BCUT2D eigenvalue weighted by atomic mass is 10.1. The summed E-state index contributed by atoms with van der Waals surface area (Å²) in [6.07, 6.45) is 1.90. The molecule has 0 heterocycles. The Bertz CT molecular complexity index is 859. The highest BCUT2D eigenvalue weighted by Crippen LogP contribution is 2.28. The van der Waals surface area contributed by atoms with Gasteiger partial charge >= 0.3 is 0 Å². The molecule has 1 saturated carbocycles. The van der Waals surface area contributed by atoms with Gasteiger partial charge in [0.15, 0.2) is 0 Å². The number of carbonyl (C=O) groups excluding carboxylic acids is 3. The minimum Gasteiger partial charge on any atom is -0.354 e. The van der Waals surface area contributed by atoms with Crippen molar-refractivity contribution in [1.29, 1.82) is 0 Å². The summed E-state index contributed by atoms with van der Waals surface area (Å²) in [5, 5.41) is 8.37. The van der Waals surface area contributed by atoms with Crippen LogP contribution in [0.3, 0.4) is 0 Å². The lowest BCUT2D eigenvalue weighted by Gasteiger charge is -2.12. The molecule has 0 atom stereocenters. The van der Waals surface area contributed by atoms with E-state index in [0.717, 1.165) is 18.4 Å². The van der Waals surface area contributed by atoms with Crippen molar-refractivity contribution >= 4 is 23.4 Å². The summed E-state index contributed by atoms with van der Waals surface area (Å²) in [4.78, 5) is 36.5. The van der Waals surface area contributed by atoms with Gasteiger partial charge < -0.3 is 16.0 Å². The summed E-state index contributed by atoms with van der Waals surface area (Å²) in [7, 11) is 0. The Morgan fingerprint density at radius 3 is 2.41 bits per heavy atom. The number of aryl methyl sites for hydroxylation is 1. The second-order valence-corrected chi connectivity index (χ2v) is 6.69. The predicted molar refractivity (Wildman–Crippen MR) is 104 cm³/mol. The molecule has 2 aromatic carbocycles. The number of nitrogens with one attached hydrogen (secondary N) is 3. The van der Waals surface area contributed by atoms with E-state index in [1.165, 1.54) is 0 Å². The van der Waals surface area contributed by atoms with Crippen LogP contribution < -0.4 is 16.0 Å². The van der Waals surface area contributed by atoms with Crippen LogP contribution in [0.1, 0.15) is 39.1 Å². The number of amides is 3. The summed E-state index contributed by atoms with van der Waals surface area (Å²) in [5.41, 5.74) is 2.35. The van der Waals surface area contributed by atoms with Gasteiger partial charge in [0, 0.05) is 24.6 Å². The lowest BCUT2D eigenvalue weighted by Crippen LogP contribution is -2.35. The van der Waals surface area contributed by atoms with E-state index in [4.69, 9.17) is 0 Å². The highest BCUT2D eigenvalue weighted by atomic mass is 16.2. The average Bonchev–Trinajstić information content (AvgIpc) is 3.50. The first-order valence-corrected chi connectivity index (χ1v) is 9.07. The fraction of sp³-hybridized carbons (Fsp3) is 0.286. The standard InChI is InChI=1S/C21H23N3O3/c1-14-5-4-6-16(13-14)20(26)24-18-8-3-2-7-17(18)21(27)23-12-11-22-19(25)15-9-10-15/h2-8,13,15H,9-12H2,1H3,(H,22,25)(H,23,27)(H,24,26). The van der Waals surface area contributed by atoms with Gasteiger partial charge in [-0.3, -0.25) is 14.4 Å². The number of benzene rings is 2. The second kappa shape index (κ2) is 8.49. The van der Waals surface area contributed by atoms with Gasteiger partial charge in [-0.15, -0.1) is 0 Å². The average molecular weight is 365 g/mol. The zero-order valence-electron chi connectivity index (χ0n) is 15.2. The van der Waals surface area contributed by atoms with Crippen LogP contribution >= 0.6 is 0 Å². The molecule has 0 unspecified atom stereocenters. The van der Waals surface area contributed by atoms with Gasteiger partial charge in [-0.2, -0.15) is 0 Å². The van der Waals surface area contributed by atoms with Crippen LogP contribution in [-0.4, -0.2) is 30.8 Å². The first-order chi connectivity index (χ1) is 13.0. The molecular formula is C21H23N3O3. The van der Waals surface area contributed by atoms with Gasteiger partial charge in [-0.05, 0) is 44.0 Å². The summed E-state index contributed by atoms with van der Waals surface area (Å²) >= 11 is 0. The van der Waals surface area contributed by atoms with Crippen LogP contribution in [0.4, 0.5) is 5.69 Å². The first-order valence-electron chi connectivity index (χ1n) is 9.07. The van der Waals surface area contributed by atoms with E-state index < -0.39 is 0 Å².